The Morgan fingerprint density at radius 1 is 0.629 bits per heavy atom. The molecule has 62 heavy (non-hydrogen) atoms. The molecule has 0 saturated carbocycles. The molecule has 9 rings (SSSR count). The Morgan fingerprint density at radius 2 is 1.23 bits per heavy atom. The van der Waals surface area contributed by atoms with E-state index in [9.17, 15) is 0 Å². The monoisotopic (exact) mass is 998 g/mol. The van der Waals surface area contributed by atoms with Crippen LogP contribution in [0.2, 0.25) is 0 Å². The van der Waals surface area contributed by atoms with Crippen molar-refractivity contribution in [1.29, 1.82) is 0 Å². The second-order valence-corrected chi connectivity index (χ2v) is 19.4. The minimum Gasteiger partial charge on any atom is -0.506 e. The van der Waals surface area contributed by atoms with E-state index >= 15 is 4.39 Å². The topological polar surface area (TPSA) is 33.5 Å². The molecular formula is C55H52FN4OPt-3. The van der Waals surface area contributed by atoms with E-state index in [0.717, 1.165) is 67.1 Å². The Balaban J connectivity index is 0.00000529. The number of para-hydroxylation sites is 3. The zero-order valence-corrected chi connectivity index (χ0v) is 39.4. The number of rotatable bonds is 6. The Bertz CT molecular complexity index is 2940. The molecule has 5 nitrogen and oxygen atoms in total. The number of aromatic nitrogens is 2. The first-order valence-corrected chi connectivity index (χ1v) is 21.1. The fraction of sp³-hybridized carbons (Fsp3) is 0.236. The van der Waals surface area contributed by atoms with Crippen LogP contribution in [0.4, 0.5) is 27.1 Å². The maximum atomic E-state index is 16.4. The molecule has 0 atom stereocenters. The van der Waals surface area contributed by atoms with Crippen LogP contribution in [0.3, 0.4) is 0 Å². The van der Waals surface area contributed by atoms with Crippen LogP contribution in [-0.2, 0) is 37.3 Å². The molecule has 8 aromatic rings. The summed E-state index contributed by atoms with van der Waals surface area (Å²) < 4.78 is 25.1. The summed E-state index contributed by atoms with van der Waals surface area (Å²) in [5, 5.41) is 1.64. The fourth-order valence-corrected chi connectivity index (χ4v) is 8.17. The third kappa shape index (κ3) is 7.95. The van der Waals surface area contributed by atoms with Crippen molar-refractivity contribution in [2.24, 2.45) is 0 Å². The van der Waals surface area contributed by atoms with E-state index in [1.165, 1.54) is 11.1 Å². The Labute approximate surface area is 380 Å². The maximum absolute atomic E-state index is 16.4. The van der Waals surface area contributed by atoms with Crippen LogP contribution in [0.25, 0.3) is 38.8 Å². The molecule has 7 heteroatoms. The number of pyridine rings is 1. The van der Waals surface area contributed by atoms with Gasteiger partial charge in [0.1, 0.15) is 5.82 Å². The van der Waals surface area contributed by atoms with Gasteiger partial charge in [0.25, 0.3) is 0 Å². The van der Waals surface area contributed by atoms with Gasteiger partial charge in [-0.25, -0.2) is 4.98 Å². The molecule has 0 N–H and O–H groups in total. The van der Waals surface area contributed by atoms with Crippen LogP contribution in [-0.4, -0.2) is 9.55 Å². The average Bonchev–Trinajstić information content (AvgIpc) is 3.76. The van der Waals surface area contributed by atoms with Gasteiger partial charge in [-0.15, -0.1) is 48.3 Å². The molecule has 318 valence electrons. The molecule has 0 amide bonds. The SMILES string of the molecule is Cc1cc(-n2c3[c-]c(Oc4[c-]c(N5[CH-]N(c6cc(C(C)(C)C)cc(C(C)(C)C)c6)c6ccccc65)cc(C(C)(C)C)c4)c(F)cc3c3ccccc32)ncc1-c1ccccc1.[Pt]. The molecule has 0 radical (unpaired) electrons. The molecule has 0 saturated heterocycles. The first-order valence-electron chi connectivity index (χ1n) is 21.1. The second kappa shape index (κ2) is 15.9. The van der Waals surface area contributed by atoms with Crippen molar-refractivity contribution in [3.8, 4) is 28.4 Å². The van der Waals surface area contributed by atoms with Gasteiger partial charge in [-0.3, -0.25) is 4.39 Å². The van der Waals surface area contributed by atoms with E-state index in [4.69, 9.17) is 9.72 Å². The van der Waals surface area contributed by atoms with Gasteiger partial charge >= 0.3 is 0 Å². The van der Waals surface area contributed by atoms with Gasteiger partial charge in [-0.05, 0) is 87.2 Å². The van der Waals surface area contributed by atoms with Crippen molar-refractivity contribution in [3.05, 3.63) is 174 Å². The largest absolute Gasteiger partial charge is 0.506 e. The fourth-order valence-electron chi connectivity index (χ4n) is 8.17. The quantitative estimate of drug-likeness (QED) is 0.155. The number of nitrogens with zero attached hydrogens (tertiary/aromatic N) is 4. The standard InChI is InChI=1S/C55H52FN4O.Pt/c1-35-24-52(57-33-45(35)36-18-12-11-13-19-36)60-47-21-15-14-20-43(47)44-31-46(56)51(32-50(44)60)61-42-29-39(55(8,9)10)28-41(30-42)59-34-58(48-22-16-17-23-49(48)59)40-26-37(53(2,3)4)25-38(27-40)54(5,6)7;/h11-29,31,33-34H,1-10H3;/q-3;. The summed E-state index contributed by atoms with van der Waals surface area (Å²) in [7, 11) is 0. The maximum Gasteiger partial charge on any atom is 0.135 e. The smallest absolute Gasteiger partial charge is 0.135 e. The van der Waals surface area contributed by atoms with E-state index in [1.807, 2.05) is 59.3 Å². The van der Waals surface area contributed by atoms with E-state index in [2.05, 4.69) is 165 Å². The summed E-state index contributed by atoms with van der Waals surface area (Å²) >= 11 is 0. The molecule has 3 heterocycles. The summed E-state index contributed by atoms with van der Waals surface area (Å²) in [6.45, 7) is 24.3. The summed E-state index contributed by atoms with van der Waals surface area (Å²) in [5.41, 5.74) is 12.0. The minimum absolute atomic E-state index is 0. The van der Waals surface area contributed by atoms with Crippen molar-refractivity contribution in [2.75, 3.05) is 9.80 Å². The predicted molar refractivity (Wildman–Crippen MR) is 250 cm³/mol. The number of halogens is 1. The van der Waals surface area contributed by atoms with Crippen molar-refractivity contribution in [2.45, 2.75) is 85.5 Å². The van der Waals surface area contributed by atoms with Gasteiger partial charge in [0.05, 0.1) is 5.82 Å². The number of hydrogen-bond donors (Lipinski definition) is 0. The number of anilines is 4. The Kier molecular flexibility index (Phi) is 11.0. The van der Waals surface area contributed by atoms with Crippen LogP contribution in [0.1, 0.15) is 84.6 Å². The molecule has 0 spiro atoms. The van der Waals surface area contributed by atoms with Crippen molar-refractivity contribution < 1.29 is 30.2 Å². The normalized spacial score (nSPS) is 13.1. The number of fused-ring (bicyclic) bond motifs is 4. The summed E-state index contributed by atoms with van der Waals surface area (Å²) in [4.78, 5) is 9.38. The Hall–Kier alpha value is -5.71. The predicted octanol–water partition coefficient (Wildman–Crippen LogP) is 15.0. The average molecular weight is 999 g/mol. The first-order chi connectivity index (χ1) is 28.9. The third-order valence-electron chi connectivity index (χ3n) is 11.8. The molecule has 0 bridgehead atoms. The second-order valence-electron chi connectivity index (χ2n) is 19.4. The summed E-state index contributed by atoms with van der Waals surface area (Å²) in [6.07, 6.45) is 1.91. The number of hydrogen-bond acceptors (Lipinski definition) is 4. The molecule has 0 aliphatic carbocycles. The number of aryl methyl sites for hydroxylation is 1. The minimum atomic E-state index is -0.507. The third-order valence-corrected chi connectivity index (χ3v) is 11.8. The number of benzene rings is 6. The zero-order chi connectivity index (χ0) is 43.0. The molecule has 0 unspecified atom stereocenters. The van der Waals surface area contributed by atoms with E-state index < -0.39 is 5.82 Å². The Morgan fingerprint density at radius 3 is 1.87 bits per heavy atom. The zero-order valence-electron chi connectivity index (χ0n) is 37.1. The van der Waals surface area contributed by atoms with Crippen molar-refractivity contribution >= 4 is 44.6 Å². The van der Waals surface area contributed by atoms with Crippen molar-refractivity contribution in [3.63, 3.8) is 0 Å². The van der Waals surface area contributed by atoms with Gasteiger partial charge in [0, 0.05) is 66.9 Å². The van der Waals surface area contributed by atoms with Crippen LogP contribution in [0, 0.1) is 31.5 Å². The van der Waals surface area contributed by atoms with E-state index in [1.54, 1.807) is 6.07 Å². The molecule has 6 aromatic carbocycles. The number of ether oxygens (including phenoxy) is 1. The first kappa shape index (κ1) is 43.0. The van der Waals surface area contributed by atoms with Crippen LogP contribution >= 0.6 is 0 Å². The van der Waals surface area contributed by atoms with Gasteiger partial charge in [-0.1, -0.05) is 140 Å². The van der Waals surface area contributed by atoms with Gasteiger partial charge in [0.15, 0.2) is 0 Å². The molecular weight excluding hydrogens is 947 g/mol. The van der Waals surface area contributed by atoms with Gasteiger partial charge in [-0.2, -0.15) is 0 Å². The van der Waals surface area contributed by atoms with E-state index in [-0.39, 0.29) is 43.1 Å². The summed E-state index contributed by atoms with van der Waals surface area (Å²) in [6, 6.07) is 48.3. The molecule has 1 aliphatic heterocycles. The molecule has 1 aliphatic rings. The van der Waals surface area contributed by atoms with Crippen LogP contribution < -0.4 is 14.5 Å². The molecule has 2 aromatic heterocycles. The van der Waals surface area contributed by atoms with Crippen LogP contribution in [0.5, 0.6) is 11.5 Å². The van der Waals surface area contributed by atoms with Gasteiger partial charge in [0.2, 0.25) is 0 Å². The molecule has 0 fully saturated rings. The summed E-state index contributed by atoms with van der Waals surface area (Å²) in [5.74, 6) is 0.599. The van der Waals surface area contributed by atoms with Gasteiger partial charge < -0.3 is 19.1 Å². The van der Waals surface area contributed by atoms with Crippen molar-refractivity contribution in [1.82, 2.24) is 9.55 Å². The van der Waals surface area contributed by atoms with Crippen LogP contribution in [0.15, 0.2) is 128 Å². The van der Waals surface area contributed by atoms with E-state index in [0.29, 0.717) is 11.3 Å².